The van der Waals surface area contributed by atoms with Crippen molar-refractivity contribution in [3.63, 3.8) is 0 Å². The minimum atomic E-state index is -4.38. The van der Waals surface area contributed by atoms with Crippen LogP contribution < -0.4 is 15.8 Å². The number of nitrogens with one attached hydrogen (secondary N) is 1. The van der Waals surface area contributed by atoms with E-state index in [0.29, 0.717) is 0 Å². The van der Waals surface area contributed by atoms with Gasteiger partial charge in [-0.1, -0.05) is 11.8 Å². The maximum absolute atomic E-state index is 14.2. The molecule has 0 radical (unpaired) electrons. The van der Waals surface area contributed by atoms with Crippen molar-refractivity contribution < 1.29 is 35.9 Å². The molecular formula is C19H20F6N6O2S. The molecule has 1 atom stereocenters. The van der Waals surface area contributed by atoms with Gasteiger partial charge in [-0.05, 0) is 19.4 Å². The number of pyridine rings is 1. The Balaban J connectivity index is 2.09. The lowest BCUT2D eigenvalue weighted by molar-refractivity contribution is -0.148. The second-order valence-electron chi connectivity index (χ2n) is 7.14. The smallest absolute Gasteiger partial charge is 0.340 e. The van der Waals surface area contributed by atoms with E-state index < -0.39 is 48.1 Å². The van der Waals surface area contributed by atoms with Gasteiger partial charge in [-0.2, -0.15) is 13.2 Å². The molecule has 2 rings (SSSR count). The Morgan fingerprint density at radius 3 is 2.53 bits per heavy atom. The minimum Gasteiger partial charge on any atom is -0.470 e. The molecule has 0 aliphatic rings. The summed E-state index contributed by atoms with van der Waals surface area (Å²) in [6.45, 7) is -0.950. The van der Waals surface area contributed by atoms with E-state index >= 15 is 0 Å². The second-order valence-corrected chi connectivity index (χ2v) is 8.75. The molecule has 2 aromatic heterocycles. The van der Waals surface area contributed by atoms with Crippen molar-refractivity contribution in [1.29, 1.82) is 0 Å². The molecule has 2 heterocycles. The van der Waals surface area contributed by atoms with Crippen molar-refractivity contribution >= 4 is 28.5 Å². The number of halogens is 6. The van der Waals surface area contributed by atoms with Crippen LogP contribution in [0.3, 0.4) is 0 Å². The fraction of sp³-hybridized carbons (Fsp3) is 0.421. The standard InChI is InChI=1S/C19H20F6N6O2S/c1-18(8-20,34-17(26)27-2)4-10-3-11(5-30-14(10)21)31-15(32)12-6-29-13(7-28-12)33-9-19(24,25)16(22)23/h3,5-7,16H,4,8-9H2,1-2H3,(H2,26,27)(H,31,32)/t18-/m1/s1. The Hall–Kier alpha value is -3.10. The topological polar surface area (TPSA) is 115 Å². The normalized spacial score (nSPS) is 14.1. The van der Waals surface area contributed by atoms with Crippen LogP contribution in [0.4, 0.5) is 32.0 Å². The molecule has 8 nitrogen and oxygen atoms in total. The van der Waals surface area contributed by atoms with Gasteiger partial charge >= 0.3 is 12.3 Å². The summed E-state index contributed by atoms with van der Waals surface area (Å²) in [4.78, 5) is 26.9. The van der Waals surface area contributed by atoms with Crippen molar-refractivity contribution in [2.75, 3.05) is 25.6 Å². The largest absolute Gasteiger partial charge is 0.470 e. The van der Waals surface area contributed by atoms with Gasteiger partial charge in [0.25, 0.3) is 5.91 Å². The summed E-state index contributed by atoms with van der Waals surface area (Å²) in [5.41, 5.74) is 5.42. The third-order valence-electron chi connectivity index (χ3n) is 4.18. The lowest BCUT2D eigenvalue weighted by Crippen LogP contribution is -2.34. The van der Waals surface area contributed by atoms with Crippen LogP contribution in [0, 0.1) is 5.95 Å². The first-order valence-corrected chi connectivity index (χ1v) is 10.2. The Morgan fingerprint density at radius 2 is 1.97 bits per heavy atom. The van der Waals surface area contributed by atoms with E-state index in [1.807, 2.05) is 0 Å². The molecule has 0 unspecified atom stereocenters. The number of hydrogen-bond donors (Lipinski definition) is 2. The van der Waals surface area contributed by atoms with Crippen LogP contribution >= 0.6 is 11.8 Å². The van der Waals surface area contributed by atoms with E-state index in [-0.39, 0.29) is 28.5 Å². The number of hydrogen-bond acceptors (Lipinski definition) is 7. The SMILES string of the molecule is CN=C(N)S[C@@](C)(CF)Cc1cc(NC(=O)c2cnc(OCC(F)(F)C(F)F)cn2)cnc1F. The van der Waals surface area contributed by atoms with E-state index in [1.165, 1.54) is 20.0 Å². The number of ether oxygens (including phenoxy) is 1. The van der Waals surface area contributed by atoms with Crippen LogP contribution in [0.15, 0.2) is 29.6 Å². The summed E-state index contributed by atoms with van der Waals surface area (Å²) in [5.74, 6) is -6.56. The van der Waals surface area contributed by atoms with Gasteiger partial charge in [-0.15, -0.1) is 0 Å². The van der Waals surface area contributed by atoms with Crippen LogP contribution in [0.25, 0.3) is 0 Å². The Bertz CT molecular complexity index is 1030. The van der Waals surface area contributed by atoms with Crippen LogP contribution in [-0.2, 0) is 6.42 Å². The Kier molecular flexibility index (Phi) is 9.06. The van der Waals surface area contributed by atoms with Crippen molar-refractivity contribution in [3.8, 4) is 5.88 Å². The zero-order valence-corrected chi connectivity index (χ0v) is 18.7. The van der Waals surface area contributed by atoms with E-state index in [0.717, 1.165) is 30.4 Å². The maximum Gasteiger partial charge on any atom is 0.340 e. The van der Waals surface area contributed by atoms with Gasteiger partial charge in [-0.25, -0.2) is 28.1 Å². The number of amides is 1. The summed E-state index contributed by atoms with van der Waals surface area (Å²) >= 11 is 0.928. The summed E-state index contributed by atoms with van der Waals surface area (Å²) < 4.78 is 81.3. The zero-order valence-electron chi connectivity index (χ0n) is 17.9. The fourth-order valence-corrected chi connectivity index (χ4v) is 3.31. The molecule has 186 valence electrons. The van der Waals surface area contributed by atoms with Gasteiger partial charge in [0.2, 0.25) is 11.8 Å². The molecule has 0 spiro atoms. The van der Waals surface area contributed by atoms with Crippen molar-refractivity contribution in [3.05, 3.63) is 41.9 Å². The number of carbonyl (C=O) groups is 1. The number of thioether (sulfide) groups is 1. The number of nitrogens with two attached hydrogens (primary N) is 1. The summed E-state index contributed by atoms with van der Waals surface area (Å²) in [6, 6.07) is 1.26. The number of rotatable bonds is 10. The number of nitrogens with zero attached hydrogens (tertiary/aromatic N) is 4. The molecule has 0 saturated carbocycles. The summed E-state index contributed by atoms with van der Waals surface area (Å²) in [7, 11) is 1.43. The number of amidine groups is 1. The predicted molar refractivity (Wildman–Crippen MR) is 114 cm³/mol. The van der Waals surface area contributed by atoms with E-state index in [2.05, 4.69) is 30.0 Å². The first-order valence-electron chi connectivity index (χ1n) is 9.43. The first-order chi connectivity index (χ1) is 15.9. The van der Waals surface area contributed by atoms with Crippen molar-refractivity contribution in [2.45, 2.75) is 30.4 Å². The maximum atomic E-state index is 14.2. The average Bonchev–Trinajstić information content (AvgIpc) is 2.80. The number of aromatic nitrogens is 3. The third kappa shape index (κ3) is 7.46. The van der Waals surface area contributed by atoms with Gasteiger partial charge in [0.1, 0.15) is 12.4 Å². The highest BCUT2D eigenvalue weighted by Gasteiger charge is 2.41. The molecule has 0 aliphatic heterocycles. The van der Waals surface area contributed by atoms with Gasteiger partial charge < -0.3 is 15.8 Å². The Labute approximate surface area is 194 Å². The number of aliphatic imine (C=N–C) groups is 1. The molecule has 0 bridgehead atoms. The number of anilines is 1. The molecule has 15 heteroatoms. The lowest BCUT2D eigenvalue weighted by atomic mass is 10.0. The highest BCUT2D eigenvalue weighted by Crippen LogP contribution is 2.31. The number of alkyl halides is 5. The fourth-order valence-electron chi connectivity index (χ4n) is 2.43. The van der Waals surface area contributed by atoms with E-state index in [4.69, 9.17) is 5.73 Å². The second kappa shape index (κ2) is 11.4. The Morgan fingerprint density at radius 1 is 1.26 bits per heavy atom. The molecule has 34 heavy (non-hydrogen) atoms. The van der Waals surface area contributed by atoms with Gasteiger partial charge in [0, 0.05) is 12.6 Å². The van der Waals surface area contributed by atoms with Crippen molar-refractivity contribution in [1.82, 2.24) is 15.0 Å². The highest BCUT2D eigenvalue weighted by molar-refractivity contribution is 8.15. The quantitative estimate of drug-likeness (QED) is 0.218. The molecule has 0 aliphatic carbocycles. The van der Waals surface area contributed by atoms with Gasteiger partial charge in [0.05, 0.1) is 29.0 Å². The van der Waals surface area contributed by atoms with Gasteiger partial charge in [-0.3, -0.25) is 9.79 Å². The monoisotopic (exact) mass is 510 g/mol. The lowest BCUT2D eigenvalue weighted by Gasteiger charge is -2.25. The first kappa shape index (κ1) is 27.1. The van der Waals surface area contributed by atoms with Crippen LogP contribution in [0.1, 0.15) is 23.0 Å². The number of carbonyl (C=O) groups excluding carboxylic acids is 1. The summed E-state index contributed by atoms with van der Waals surface area (Å²) in [5, 5.41) is 2.51. The van der Waals surface area contributed by atoms with E-state index in [9.17, 15) is 31.1 Å². The molecule has 0 fully saturated rings. The van der Waals surface area contributed by atoms with Crippen LogP contribution in [0.2, 0.25) is 0 Å². The minimum absolute atomic E-state index is 0.00384. The van der Waals surface area contributed by atoms with E-state index in [1.54, 1.807) is 0 Å². The van der Waals surface area contributed by atoms with Crippen LogP contribution in [0.5, 0.6) is 5.88 Å². The van der Waals surface area contributed by atoms with Gasteiger partial charge in [0.15, 0.2) is 11.8 Å². The molecular weight excluding hydrogens is 490 g/mol. The molecule has 3 N–H and O–H groups in total. The molecule has 1 amide bonds. The average molecular weight is 510 g/mol. The third-order valence-corrected chi connectivity index (χ3v) is 5.32. The van der Waals surface area contributed by atoms with Crippen LogP contribution in [-0.4, -0.2) is 63.5 Å². The van der Waals surface area contributed by atoms with Crippen molar-refractivity contribution in [2.24, 2.45) is 10.7 Å². The summed E-state index contributed by atoms with van der Waals surface area (Å²) in [6.07, 6.45) is -1.35. The zero-order chi connectivity index (χ0) is 25.5. The highest BCUT2D eigenvalue weighted by atomic mass is 32.2. The molecule has 0 aromatic carbocycles. The predicted octanol–water partition coefficient (Wildman–Crippen LogP) is 3.49. The molecule has 2 aromatic rings. The molecule has 0 saturated heterocycles.